The summed E-state index contributed by atoms with van der Waals surface area (Å²) in [6.07, 6.45) is 0. The molecule has 0 rings (SSSR count). The van der Waals surface area contributed by atoms with Gasteiger partial charge in [-0.1, -0.05) is 46.4 Å². The van der Waals surface area contributed by atoms with Gasteiger partial charge < -0.3 is 0 Å². The van der Waals surface area contributed by atoms with E-state index in [0.29, 0.717) is 0 Å². The highest BCUT2D eigenvalue weighted by Gasteiger charge is 1.81. The molecule has 0 aromatic heterocycles. The van der Waals surface area contributed by atoms with Crippen molar-refractivity contribution < 1.29 is 8.78 Å². The molecule has 6 heteroatoms. The molecular weight excluding hydrogens is 204 g/mol. The minimum absolute atomic E-state index is 1.72. The third-order valence-corrected chi connectivity index (χ3v) is 0. The van der Waals surface area contributed by atoms with Crippen LogP contribution in [0.5, 0.6) is 0 Å². The average molecular weight is 206 g/mol. The monoisotopic (exact) mass is 204 g/mol. The number of halogens is 6. The van der Waals surface area contributed by atoms with Gasteiger partial charge in [-0.05, 0) is 0 Å². The second-order valence-corrected chi connectivity index (χ2v) is 2.47. The van der Waals surface area contributed by atoms with Crippen molar-refractivity contribution >= 4 is 46.4 Å². The van der Waals surface area contributed by atoms with E-state index in [1.165, 1.54) is 0 Å². The van der Waals surface area contributed by atoms with Crippen LogP contribution in [0.1, 0.15) is 0 Å². The lowest BCUT2D eigenvalue weighted by Gasteiger charge is -1.68. The first-order chi connectivity index (χ1) is 3.46. The van der Waals surface area contributed by atoms with Gasteiger partial charge in [-0.25, -0.2) is 8.78 Å². The molecule has 0 aliphatic heterocycles. The summed E-state index contributed by atoms with van der Waals surface area (Å²) in [5.41, 5.74) is 0. The van der Waals surface area contributed by atoms with Crippen LogP contribution in [-0.2, 0) is 0 Å². The van der Waals surface area contributed by atoms with E-state index in [4.69, 9.17) is 0 Å². The van der Waals surface area contributed by atoms with Crippen LogP contribution in [0.25, 0.3) is 0 Å². The molecular formula is C2H2Cl4F2. The second-order valence-electron chi connectivity index (χ2n) is 0.495. The van der Waals surface area contributed by atoms with Gasteiger partial charge in [0.15, 0.2) is 0 Å². The Morgan fingerprint density at radius 2 is 0.750 bits per heavy atom. The van der Waals surface area contributed by atoms with Crippen LogP contribution in [0.15, 0.2) is 0 Å². The molecule has 0 atom stereocenters. The summed E-state index contributed by atoms with van der Waals surface area (Å²) in [5, 5.41) is -3.44. The molecule has 0 spiro atoms. The average Bonchev–Trinajstić information content (AvgIpc) is 1.25. The number of hydrogen-bond acceptors (Lipinski definition) is 0. The molecule has 0 N–H and O–H groups in total. The molecule has 0 aliphatic carbocycles. The fourth-order valence-corrected chi connectivity index (χ4v) is 0. The van der Waals surface area contributed by atoms with Crippen LogP contribution in [0, 0.1) is 0 Å². The Bertz CT molecular complexity index is 27.5. The van der Waals surface area contributed by atoms with Crippen molar-refractivity contribution in [3.63, 3.8) is 0 Å². The fraction of sp³-hybridized carbons (Fsp3) is 1.00. The molecule has 52 valence electrons. The van der Waals surface area contributed by atoms with E-state index < -0.39 is 10.2 Å². The molecule has 0 fully saturated rings. The lowest BCUT2D eigenvalue weighted by Crippen LogP contribution is -1.58. The lowest BCUT2D eigenvalue weighted by molar-refractivity contribution is 0.553. The smallest absolute Gasteiger partial charge is 0.212 e. The van der Waals surface area contributed by atoms with Crippen molar-refractivity contribution in [2.75, 3.05) is 0 Å². The van der Waals surface area contributed by atoms with Gasteiger partial charge in [-0.2, -0.15) is 0 Å². The molecule has 0 bridgehead atoms. The van der Waals surface area contributed by atoms with E-state index in [2.05, 4.69) is 46.4 Å². The van der Waals surface area contributed by atoms with Gasteiger partial charge in [-0.3, -0.25) is 0 Å². The van der Waals surface area contributed by atoms with Crippen molar-refractivity contribution in [2.45, 2.75) is 10.2 Å². The standard InChI is InChI=1S/2CHCl2F/c2*2-1(3)4/h2*1H. The predicted molar refractivity (Wildman–Crippen MR) is 33.2 cm³/mol. The van der Waals surface area contributed by atoms with Gasteiger partial charge in [0.05, 0.1) is 0 Å². The summed E-state index contributed by atoms with van der Waals surface area (Å²) in [7, 11) is 0. The summed E-state index contributed by atoms with van der Waals surface area (Å²) < 4.78 is 21.1. The maximum absolute atomic E-state index is 10.5. The zero-order valence-electron chi connectivity index (χ0n) is 3.42. The normalized spacial score (nSPS) is 9.00. The van der Waals surface area contributed by atoms with Crippen molar-refractivity contribution in [3.05, 3.63) is 0 Å². The first-order valence-electron chi connectivity index (χ1n) is 1.31. The Labute approximate surface area is 65.7 Å². The fourth-order valence-electron chi connectivity index (χ4n) is 0. The first kappa shape index (κ1) is 11.8. The molecule has 0 amide bonds. The van der Waals surface area contributed by atoms with Crippen LogP contribution >= 0.6 is 46.4 Å². The van der Waals surface area contributed by atoms with Crippen LogP contribution in [-0.4, -0.2) is 10.2 Å². The molecule has 0 aromatic rings. The van der Waals surface area contributed by atoms with Crippen molar-refractivity contribution in [3.8, 4) is 0 Å². The molecule has 0 saturated heterocycles. The minimum Gasteiger partial charge on any atom is -0.212 e. The van der Waals surface area contributed by atoms with E-state index >= 15 is 0 Å². The molecule has 0 heterocycles. The summed E-state index contributed by atoms with van der Waals surface area (Å²) in [4.78, 5) is 0. The van der Waals surface area contributed by atoms with Crippen LogP contribution in [0.3, 0.4) is 0 Å². The highest BCUT2D eigenvalue weighted by molar-refractivity contribution is 6.43. The van der Waals surface area contributed by atoms with Crippen molar-refractivity contribution in [2.24, 2.45) is 0 Å². The molecule has 0 unspecified atom stereocenters. The first-order valence-corrected chi connectivity index (χ1v) is 3.06. The Balaban J connectivity index is 0. The molecule has 0 aromatic carbocycles. The second kappa shape index (κ2) is 8.02. The molecule has 0 aliphatic rings. The van der Waals surface area contributed by atoms with Crippen molar-refractivity contribution in [1.29, 1.82) is 0 Å². The largest absolute Gasteiger partial charge is 0.247 e. The minimum atomic E-state index is -1.72. The lowest BCUT2D eigenvalue weighted by atomic mass is 11.8. The third kappa shape index (κ3) is 245. The maximum atomic E-state index is 10.5. The van der Waals surface area contributed by atoms with Crippen LogP contribution in [0.2, 0.25) is 0 Å². The SMILES string of the molecule is FC(Cl)Cl.FC(Cl)Cl. The molecule has 0 nitrogen and oxygen atoms in total. The van der Waals surface area contributed by atoms with Gasteiger partial charge in [-0.15, -0.1) is 0 Å². The molecule has 0 saturated carbocycles. The molecule has 8 heavy (non-hydrogen) atoms. The summed E-state index contributed by atoms with van der Waals surface area (Å²) in [6.45, 7) is 0. The highest BCUT2D eigenvalue weighted by atomic mass is 35.5. The zero-order valence-corrected chi connectivity index (χ0v) is 6.45. The number of hydrogen-bond donors (Lipinski definition) is 0. The van der Waals surface area contributed by atoms with Gasteiger partial charge in [0.1, 0.15) is 0 Å². The van der Waals surface area contributed by atoms with E-state index in [1.807, 2.05) is 0 Å². The Hall–Kier alpha value is 1.02. The van der Waals surface area contributed by atoms with Gasteiger partial charge in [0.25, 0.3) is 0 Å². The van der Waals surface area contributed by atoms with E-state index in [1.54, 1.807) is 0 Å². The maximum Gasteiger partial charge on any atom is 0.247 e. The van der Waals surface area contributed by atoms with Crippen LogP contribution < -0.4 is 0 Å². The van der Waals surface area contributed by atoms with E-state index in [9.17, 15) is 8.78 Å². The van der Waals surface area contributed by atoms with Crippen molar-refractivity contribution in [1.82, 2.24) is 0 Å². The van der Waals surface area contributed by atoms with Crippen LogP contribution in [0.4, 0.5) is 8.78 Å². The van der Waals surface area contributed by atoms with Gasteiger partial charge >= 0.3 is 0 Å². The van der Waals surface area contributed by atoms with Gasteiger partial charge in [0.2, 0.25) is 10.2 Å². The predicted octanol–water partition coefficient (Wildman–Crippen LogP) is 3.43. The Kier molecular flexibility index (Phi) is 11.8. The van der Waals surface area contributed by atoms with Gasteiger partial charge in [0, 0.05) is 0 Å². The van der Waals surface area contributed by atoms with E-state index in [0.717, 1.165) is 0 Å². The molecule has 0 radical (unpaired) electrons. The number of alkyl halides is 6. The third-order valence-electron chi connectivity index (χ3n) is 0. The number of rotatable bonds is 0. The Morgan fingerprint density at radius 1 is 0.750 bits per heavy atom. The zero-order chi connectivity index (χ0) is 7.15. The highest BCUT2D eigenvalue weighted by Crippen LogP contribution is 1.99. The Morgan fingerprint density at radius 3 is 0.750 bits per heavy atom. The summed E-state index contributed by atoms with van der Waals surface area (Å²) in [5.74, 6) is 0. The quantitative estimate of drug-likeness (QED) is 0.532. The topological polar surface area (TPSA) is 0 Å². The summed E-state index contributed by atoms with van der Waals surface area (Å²) >= 11 is 17.5. The van der Waals surface area contributed by atoms with E-state index in [-0.39, 0.29) is 0 Å². The summed E-state index contributed by atoms with van der Waals surface area (Å²) in [6, 6.07) is 0.